The fraction of sp³-hybridized carbons (Fsp3) is 0.0667. The van der Waals surface area contributed by atoms with Crippen LogP contribution in [0.4, 0.5) is 10.1 Å². The number of anilines is 1. The Labute approximate surface area is 124 Å². The van der Waals surface area contributed by atoms with Gasteiger partial charge in [-0.3, -0.25) is 4.79 Å². The van der Waals surface area contributed by atoms with Crippen LogP contribution in [0.2, 0.25) is 5.02 Å². The van der Waals surface area contributed by atoms with Gasteiger partial charge in [-0.05, 0) is 30.3 Å². The minimum Gasteiger partial charge on any atom is -0.356 e. The molecule has 0 atom stereocenters. The highest BCUT2D eigenvalue weighted by molar-refractivity contribution is 6.30. The van der Waals surface area contributed by atoms with Crippen LogP contribution in [0.25, 0.3) is 11.0 Å². The molecule has 0 fully saturated rings. The van der Waals surface area contributed by atoms with Gasteiger partial charge in [0.05, 0.1) is 11.4 Å². The zero-order valence-corrected chi connectivity index (χ0v) is 11.5. The van der Waals surface area contributed by atoms with Crippen LogP contribution in [0.1, 0.15) is 5.69 Å². The van der Waals surface area contributed by atoms with Crippen LogP contribution in [0, 0.1) is 5.82 Å². The van der Waals surface area contributed by atoms with Crippen LogP contribution in [0.15, 0.2) is 47.0 Å². The Morgan fingerprint density at radius 1 is 1.29 bits per heavy atom. The number of para-hydroxylation sites is 1. The van der Waals surface area contributed by atoms with Gasteiger partial charge in [-0.2, -0.15) is 0 Å². The highest BCUT2D eigenvalue weighted by Crippen LogP contribution is 2.20. The van der Waals surface area contributed by atoms with Gasteiger partial charge in [0.1, 0.15) is 11.5 Å². The van der Waals surface area contributed by atoms with E-state index < -0.39 is 5.82 Å². The molecule has 0 radical (unpaired) electrons. The number of carbonyl (C=O) groups excluding carboxylic acids is 1. The Kier molecular flexibility index (Phi) is 3.58. The van der Waals surface area contributed by atoms with Crippen molar-refractivity contribution in [3.63, 3.8) is 0 Å². The molecular formula is C15H10ClFN2O2. The molecule has 3 aromatic rings. The van der Waals surface area contributed by atoms with Gasteiger partial charge in [-0.1, -0.05) is 28.9 Å². The zero-order valence-electron chi connectivity index (χ0n) is 10.8. The Morgan fingerprint density at radius 3 is 2.90 bits per heavy atom. The number of amides is 1. The van der Waals surface area contributed by atoms with Crippen LogP contribution >= 0.6 is 11.6 Å². The maximum absolute atomic E-state index is 13.3. The first-order valence-corrected chi connectivity index (χ1v) is 6.59. The molecule has 0 unspecified atom stereocenters. The minimum absolute atomic E-state index is 0.00972. The summed E-state index contributed by atoms with van der Waals surface area (Å²) in [6.45, 7) is 0. The lowest BCUT2D eigenvalue weighted by molar-refractivity contribution is -0.115. The lowest BCUT2D eigenvalue weighted by atomic mass is 10.1. The Hall–Kier alpha value is -2.40. The SMILES string of the molecule is O=C(Cc1noc2ccccc12)Nc1ccc(Cl)c(F)c1. The number of benzene rings is 2. The van der Waals surface area contributed by atoms with Crippen LogP contribution in [-0.2, 0) is 11.2 Å². The van der Waals surface area contributed by atoms with Crippen molar-refractivity contribution in [2.45, 2.75) is 6.42 Å². The van der Waals surface area contributed by atoms with E-state index in [9.17, 15) is 9.18 Å². The summed E-state index contributed by atoms with van der Waals surface area (Å²) >= 11 is 5.59. The highest BCUT2D eigenvalue weighted by Gasteiger charge is 2.12. The molecule has 106 valence electrons. The smallest absolute Gasteiger partial charge is 0.230 e. The molecule has 1 N–H and O–H groups in total. The molecule has 0 aliphatic rings. The molecular weight excluding hydrogens is 295 g/mol. The maximum Gasteiger partial charge on any atom is 0.230 e. The fourth-order valence-electron chi connectivity index (χ4n) is 2.00. The lowest BCUT2D eigenvalue weighted by Crippen LogP contribution is -2.14. The summed E-state index contributed by atoms with van der Waals surface area (Å²) in [5.74, 6) is -0.892. The minimum atomic E-state index is -0.582. The summed E-state index contributed by atoms with van der Waals surface area (Å²) < 4.78 is 18.4. The van der Waals surface area contributed by atoms with Gasteiger partial charge in [0.2, 0.25) is 5.91 Å². The van der Waals surface area contributed by atoms with Gasteiger partial charge in [-0.15, -0.1) is 0 Å². The summed E-state index contributed by atoms with van der Waals surface area (Å²) in [5, 5.41) is 7.27. The van der Waals surface area contributed by atoms with Gasteiger partial charge in [0.15, 0.2) is 5.58 Å². The summed E-state index contributed by atoms with van der Waals surface area (Å²) in [4.78, 5) is 12.0. The summed E-state index contributed by atoms with van der Waals surface area (Å²) in [6.07, 6.45) is 0.0429. The topological polar surface area (TPSA) is 55.1 Å². The van der Waals surface area contributed by atoms with Crippen LogP contribution < -0.4 is 5.32 Å². The molecule has 0 spiro atoms. The highest BCUT2D eigenvalue weighted by atomic mass is 35.5. The van der Waals surface area contributed by atoms with E-state index in [0.29, 0.717) is 17.0 Å². The lowest BCUT2D eigenvalue weighted by Gasteiger charge is -2.04. The van der Waals surface area contributed by atoms with E-state index in [1.807, 2.05) is 18.2 Å². The molecule has 4 nitrogen and oxygen atoms in total. The molecule has 0 aliphatic carbocycles. The Morgan fingerprint density at radius 2 is 2.10 bits per heavy atom. The fourth-order valence-corrected chi connectivity index (χ4v) is 2.11. The summed E-state index contributed by atoms with van der Waals surface area (Å²) in [5.41, 5.74) is 1.50. The normalized spacial score (nSPS) is 10.8. The van der Waals surface area contributed by atoms with Crippen molar-refractivity contribution in [2.24, 2.45) is 0 Å². The molecule has 1 aromatic heterocycles. The third kappa shape index (κ3) is 2.87. The van der Waals surface area contributed by atoms with Gasteiger partial charge in [-0.25, -0.2) is 4.39 Å². The Balaban J connectivity index is 1.75. The molecule has 0 bridgehead atoms. The van der Waals surface area contributed by atoms with Crippen molar-refractivity contribution in [3.8, 4) is 0 Å². The van der Waals surface area contributed by atoms with E-state index in [4.69, 9.17) is 16.1 Å². The molecule has 6 heteroatoms. The van der Waals surface area contributed by atoms with Crippen molar-refractivity contribution in [2.75, 3.05) is 5.32 Å². The molecule has 21 heavy (non-hydrogen) atoms. The van der Waals surface area contributed by atoms with E-state index in [1.165, 1.54) is 18.2 Å². The number of halogens is 2. The first-order chi connectivity index (χ1) is 10.1. The first kappa shape index (κ1) is 13.6. The van der Waals surface area contributed by atoms with Gasteiger partial charge in [0.25, 0.3) is 0 Å². The predicted octanol–water partition coefficient (Wildman–Crippen LogP) is 3.80. The van der Waals surface area contributed by atoms with Crippen LogP contribution in [-0.4, -0.2) is 11.1 Å². The Bertz CT molecular complexity index is 816. The largest absolute Gasteiger partial charge is 0.356 e. The summed E-state index contributed by atoms with van der Waals surface area (Å²) in [6, 6.07) is 11.4. The second-order valence-electron chi connectivity index (χ2n) is 4.48. The first-order valence-electron chi connectivity index (χ1n) is 6.21. The average Bonchev–Trinajstić information content (AvgIpc) is 2.86. The average molecular weight is 305 g/mol. The van der Waals surface area contributed by atoms with Crippen molar-refractivity contribution >= 4 is 34.2 Å². The number of hydrogen-bond donors (Lipinski definition) is 1. The quantitative estimate of drug-likeness (QED) is 0.800. The second kappa shape index (κ2) is 5.54. The number of nitrogens with zero attached hydrogens (tertiary/aromatic N) is 1. The molecule has 3 rings (SSSR count). The standard InChI is InChI=1S/C15H10ClFN2O2/c16-11-6-5-9(7-12(11)17)18-15(20)8-13-10-3-1-2-4-14(10)21-19-13/h1-7H,8H2,(H,18,20). The van der Waals surface area contributed by atoms with Gasteiger partial charge in [0, 0.05) is 11.1 Å². The van der Waals surface area contributed by atoms with Crippen molar-refractivity contribution < 1.29 is 13.7 Å². The number of rotatable bonds is 3. The zero-order chi connectivity index (χ0) is 14.8. The van der Waals surface area contributed by atoms with E-state index in [0.717, 1.165) is 5.39 Å². The number of hydrogen-bond acceptors (Lipinski definition) is 3. The maximum atomic E-state index is 13.3. The predicted molar refractivity (Wildman–Crippen MR) is 77.8 cm³/mol. The molecule has 1 amide bonds. The third-order valence-electron chi connectivity index (χ3n) is 2.98. The van der Waals surface area contributed by atoms with Crippen LogP contribution in [0.3, 0.4) is 0 Å². The second-order valence-corrected chi connectivity index (χ2v) is 4.89. The number of nitrogens with one attached hydrogen (secondary N) is 1. The molecule has 0 saturated carbocycles. The molecule has 0 saturated heterocycles. The van der Waals surface area contributed by atoms with E-state index in [1.54, 1.807) is 6.07 Å². The van der Waals surface area contributed by atoms with Gasteiger partial charge < -0.3 is 9.84 Å². The number of carbonyl (C=O) groups is 1. The number of fused-ring (bicyclic) bond motifs is 1. The van der Waals surface area contributed by atoms with E-state index in [2.05, 4.69) is 10.5 Å². The molecule has 1 heterocycles. The van der Waals surface area contributed by atoms with Gasteiger partial charge >= 0.3 is 0 Å². The molecule has 2 aromatic carbocycles. The van der Waals surface area contributed by atoms with Crippen molar-refractivity contribution in [3.05, 3.63) is 59.0 Å². The number of aromatic nitrogens is 1. The van der Waals surface area contributed by atoms with E-state index in [-0.39, 0.29) is 17.4 Å². The van der Waals surface area contributed by atoms with Crippen molar-refractivity contribution in [1.29, 1.82) is 0 Å². The van der Waals surface area contributed by atoms with E-state index >= 15 is 0 Å². The third-order valence-corrected chi connectivity index (χ3v) is 3.29. The monoisotopic (exact) mass is 304 g/mol. The molecule has 0 aliphatic heterocycles. The summed E-state index contributed by atoms with van der Waals surface area (Å²) in [7, 11) is 0. The van der Waals surface area contributed by atoms with Crippen LogP contribution in [0.5, 0.6) is 0 Å². The van der Waals surface area contributed by atoms with Crippen molar-refractivity contribution in [1.82, 2.24) is 5.16 Å².